The quantitative estimate of drug-likeness (QED) is 0.776. The molecule has 0 aliphatic carbocycles. The first-order chi connectivity index (χ1) is 6.31. The van der Waals surface area contributed by atoms with E-state index >= 15 is 0 Å². The molecule has 13 heavy (non-hydrogen) atoms. The summed E-state index contributed by atoms with van der Waals surface area (Å²) in [5, 5.41) is 10.2. The van der Waals surface area contributed by atoms with Crippen LogP contribution in [0, 0.1) is 0 Å². The molecule has 0 aliphatic rings. The largest absolute Gasteiger partial charge is 0.375 e. The van der Waals surface area contributed by atoms with E-state index in [0.717, 1.165) is 18.1 Å². The third-order valence-electron chi connectivity index (χ3n) is 1.71. The second-order valence-corrected chi connectivity index (χ2v) is 3.40. The van der Waals surface area contributed by atoms with Crippen molar-refractivity contribution in [2.45, 2.75) is 13.5 Å². The van der Waals surface area contributed by atoms with E-state index in [1.165, 1.54) is 11.3 Å². The number of aromatic nitrogens is 4. The molecule has 0 amide bonds. The van der Waals surface area contributed by atoms with Crippen molar-refractivity contribution in [3.05, 3.63) is 11.7 Å². The summed E-state index contributed by atoms with van der Waals surface area (Å²) in [7, 11) is 0. The van der Waals surface area contributed by atoms with Crippen LogP contribution in [-0.4, -0.2) is 19.7 Å². The van der Waals surface area contributed by atoms with Crippen LogP contribution >= 0.6 is 11.3 Å². The summed E-state index contributed by atoms with van der Waals surface area (Å²) in [6, 6.07) is 0. The van der Waals surface area contributed by atoms with Crippen molar-refractivity contribution in [2.24, 2.45) is 0 Å². The third-order valence-corrected chi connectivity index (χ3v) is 2.38. The van der Waals surface area contributed by atoms with Crippen LogP contribution in [0.5, 0.6) is 0 Å². The van der Waals surface area contributed by atoms with Gasteiger partial charge >= 0.3 is 0 Å². The van der Waals surface area contributed by atoms with Gasteiger partial charge in [0.25, 0.3) is 0 Å². The Morgan fingerprint density at radius 1 is 1.62 bits per heavy atom. The van der Waals surface area contributed by atoms with Crippen LogP contribution in [0.4, 0.5) is 5.13 Å². The molecular formula is C7H9N5S. The summed E-state index contributed by atoms with van der Waals surface area (Å²) in [5.74, 6) is 0.774. The Balaban J connectivity index is 2.45. The number of nitrogens with two attached hydrogens (primary N) is 1. The van der Waals surface area contributed by atoms with Gasteiger partial charge in [0.15, 0.2) is 11.0 Å². The van der Waals surface area contributed by atoms with E-state index in [9.17, 15) is 0 Å². The fraction of sp³-hybridized carbons (Fsp3) is 0.286. The molecule has 0 aliphatic heterocycles. The highest BCUT2D eigenvalue weighted by molar-refractivity contribution is 7.13. The number of thiazole rings is 1. The molecule has 2 aromatic heterocycles. The molecule has 0 saturated carbocycles. The van der Waals surface area contributed by atoms with E-state index in [1.54, 1.807) is 6.33 Å². The van der Waals surface area contributed by atoms with Crippen molar-refractivity contribution in [3.8, 4) is 11.5 Å². The van der Waals surface area contributed by atoms with Gasteiger partial charge in [-0.1, -0.05) is 0 Å². The fourth-order valence-electron chi connectivity index (χ4n) is 1.08. The molecule has 6 heteroatoms. The molecule has 0 unspecified atom stereocenters. The van der Waals surface area contributed by atoms with Crippen molar-refractivity contribution in [3.63, 3.8) is 0 Å². The zero-order valence-corrected chi connectivity index (χ0v) is 7.95. The van der Waals surface area contributed by atoms with Gasteiger partial charge in [-0.25, -0.2) is 4.98 Å². The zero-order chi connectivity index (χ0) is 9.26. The standard InChI is InChI=1S/C7H9N5S/c1-2-12-4-9-11-6(12)5-3-13-7(8)10-5/h3-4H,2H2,1H3,(H2,8,10). The van der Waals surface area contributed by atoms with Gasteiger partial charge in [-0.3, -0.25) is 0 Å². The van der Waals surface area contributed by atoms with Crippen molar-refractivity contribution >= 4 is 16.5 Å². The van der Waals surface area contributed by atoms with Crippen molar-refractivity contribution in [2.75, 3.05) is 5.73 Å². The zero-order valence-electron chi connectivity index (χ0n) is 7.14. The first kappa shape index (κ1) is 8.18. The number of nitrogen functional groups attached to an aromatic ring is 1. The highest BCUT2D eigenvalue weighted by Gasteiger charge is 2.08. The second-order valence-electron chi connectivity index (χ2n) is 2.51. The van der Waals surface area contributed by atoms with E-state index < -0.39 is 0 Å². The average Bonchev–Trinajstić information content (AvgIpc) is 2.71. The minimum absolute atomic E-state index is 0.556. The van der Waals surface area contributed by atoms with Gasteiger partial charge in [-0.2, -0.15) is 0 Å². The van der Waals surface area contributed by atoms with Gasteiger partial charge in [-0.15, -0.1) is 21.5 Å². The van der Waals surface area contributed by atoms with E-state index in [2.05, 4.69) is 15.2 Å². The van der Waals surface area contributed by atoms with Crippen molar-refractivity contribution in [1.29, 1.82) is 0 Å². The molecule has 0 fully saturated rings. The molecule has 2 heterocycles. The van der Waals surface area contributed by atoms with Crippen molar-refractivity contribution < 1.29 is 0 Å². The number of rotatable bonds is 2. The van der Waals surface area contributed by atoms with E-state index in [1.807, 2.05) is 16.9 Å². The predicted molar refractivity (Wildman–Crippen MR) is 51.2 cm³/mol. The lowest BCUT2D eigenvalue weighted by Gasteiger charge is -1.97. The summed E-state index contributed by atoms with van der Waals surface area (Å²) in [5.41, 5.74) is 6.32. The monoisotopic (exact) mass is 195 g/mol. The molecule has 0 aromatic carbocycles. The maximum Gasteiger partial charge on any atom is 0.183 e. The van der Waals surface area contributed by atoms with E-state index in [-0.39, 0.29) is 0 Å². The number of hydrogen-bond donors (Lipinski definition) is 1. The Labute approximate surface area is 79.2 Å². The first-order valence-electron chi connectivity index (χ1n) is 3.90. The van der Waals surface area contributed by atoms with Crippen LogP contribution in [0.25, 0.3) is 11.5 Å². The smallest absolute Gasteiger partial charge is 0.183 e. The topological polar surface area (TPSA) is 69.6 Å². The molecule has 0 saturated heterocycles. The summed E-state index contributed by atoms with van der Waals surface area (Å²) in [4.78, 5) is 4.13. The molecule has 0 atom stereocenters. The van der Waals surface area contributed by atoms with Gasteiger partial charge in [0.1, 0.15) is 12.0 Å². The van der Waals surface area contributed by atoms with Gasteiger partial charge in [0.05, 0.1) is 0 Å². The molecule has 0 bridgehead atoms. The normalized spacial score (nSPS) is 10.5. The van der Waals surface area contributed by atoms with Crippen LogP contribution in [-0.2, 0) is 6.54 Å². The summed E-state index contributed by atoms with van der Waals surface area (Å²) < 4.78 is 1.93. The Bertz CT molecular complexity index is 404. The molecule has 0 spiro atoms. The SMILES string of the molecule is CCn1cnnc1-c1csc(N)n1. The minimum atomic E-state index is 0.556. The molecule has 2 rings (SSSR count). The average molecular weight is 195 g/mol. The van der Waals surface area contributed by atoms with Crippen LogP contribution in [0.15, 0.2) is 11.7 Å². The van der Waals surface area contributed by atoms with Crippen LogP contribution in [0.3, 0.4) is 0 Å². The van der Waals surface area contributed by atoms with Crippen molar-refractivity contribution in [1.82, 2.24) is 19.7 Å². The summed E-state index contributed by atoms with van der Waals surface area (Å²) in [6.07, 6.45) is 1.69. The lowest BCUT2D eigenvalue weighted by molar-refractivity contribution is 0.765. The fourth-order valence-corrected chi connectivity index (χ4v) is 1.62. The predicted octanol–water partition coefficient (Wildman–Crippen LogP) is 1.00. The first-order valence-corrected chi connectivity index (χ1v) is 4.78. The maximum absolute atomic E-state index is 5.53. The van der Waals surface area contributed by atoms with E-state index in [0.29, 0.717) is 5.13 Å². The molecule has 68 valence electrons. The maximum atomic E-state index is 5.53. The Kier molecular flexibility index (Phi) is 1.97. The molecular weight excluding hydrogens is 186 g/mol. The Morgan fingerprint density at radius 2 is 2.46 bits per heavy atom. The van der Waals surface area contributed by atoms with Crippen LogP contribution < -0.4 is 5.73 Å². The minimum Gasteiger partial charge on any atom is -0.375 e. The highest BCUT2D eigenvalue weighted by atomic mass is 32.1. The lowest BCUT2D eigenvalue weighted by Crippen LogP contribution is -1.96. The molecule has 0 radical (unpaired) electrons. The van der Waals surface area contributed by atoms with Gasteiger partial charge in [0, 0.05) is 11.9 Å². The van der Waals surface area contributed by atoms with Gasteiger partial charge in [0.2, 0.25) is 0 Å². The lowest BCUT2D eigenvalue weighted by atomic mass is 10.4. The number of anilines is 1. The van der Waals surface area contributed by atoms with Crippen LogP contribution in [0.2, 0.25) is 0 Å². The number of nitrogens with zero attached hydrogens (tertiary/aromatic N) is 4. The van der Waals surface area contributed by atoms with Gasteiger partial charge < -0.3 is 10.3 Å². The Hall–Kier alpha value is -1.43. The second kappa shape index (κ2) is 3.14. The molecule has 2 aromatic rings. The van der Waals surface area contributed by atoms with Gasteiger partial charge in [-0.05, 0) is 6.92 Å². The Morgan fingerprint density at radius 3 is 3.08 bits per heavy atom. The third kappa shape index (κ3) is 1.40. The summed E-state index contributed by atoms with van der Waals surface area (Å²) >= 11 is 1.41. The highest BCUT2D eigenvalue weighted by Crippen LogP contribution is 2.20. The number of aryl methyl sites for hydroxylation is 1. The molecule has 5 nitrogen and oxygen atoms in total. The molecule has 2 N–H and O–H groups in total. The van der Waals surface area contributed by atoms with E-state index in [4.69, 9.17) is 5.73 Å². The summed E-state index contributed by atoms with van der Waals surface area (Å²) in [6.45, 7) is 2.86. The van der Waals surface area contributed by atoms with Crippen LogP contribution in [0.1, 0.15) is 6.92 Å². The number of hydrogen-bond acceptors (Lipinski definition) is 5.